The van der Waals surface area contributed by atoms with Crippen molar-refractivity contribution < 1.29 is 9.47 Å². The van der Waals surface area contributed by atoms with Crippen molar-refractivity contribution in [2.24, 2.45) is 0 Å². The summed E-state index contributed by atoms with van der Waals surface area (Å²) >= 11 is 8.89. The summed E-state index contributed by atoms with van der Waals surface area (Å²) in [5, 5.41) is 7.00. The lowest BCUT2D eigenvalue weighted by molar-refractivity contribution is 0.354. The van der Waals surface area contributed by atoms with Crippen LogP contribution in [0.25, 0.3) is 0 Å². The molecule has 0 aliphatic rings. The van der Waals surface area contributed by atoms with Gasteiger partial charge in [0, 0.05) is 16.7 Å². The van der Waals surface area contributed by atoms with Gasteiger partial charge in [0.1, 0.15) is 0 Å². The zero-order chi connectivity index (χ0) is 17.5. The van der Waals surface area contributed by atoms with Gasteiger partial charge in [0.25, 0.3) is 0 Å². The van der Waals surface area contributed by atoms with Crippen LogP contribution in [0.15, 0.2) is 40.9 Å². The molecule has 4 nitrogen and oxygen atoms in total. The van der Waals surface area contributed by atoms with Crippen LogP contribution in [0.3, 0.4) is 0 Å². The third-order valence-corrected chi connectivity index (χ3v) is 4.53. The molecule has 2 N–H and O–H groups in total. The van der Waals surface area contributed by atoms with Crippen molar-refractivity contribution in [3.8, 4) is 11.5 Å². The normalized spacial score (nSPS) is 10.2. The van der Waals surface area contributed by atoms with E-state index in [9.17, 15) is 0 Å². The van der Waals surface area contributed by atoms with Crippen LogP contribution in [-0.2, 0) is 6.42 Å². The highest BCUT2D eigenvalue weighted by atomic mass is 79.9. The monoisotopic (exact) mass is 408 g/mol. The fourth-order valence-corrected chi connectivity index (χ4v) is 2.95. The molecule has 0 aromatic heterocycles. The number of methoxy groups -OCH3 is 2. The topological polar surface area (TPSA) is 42.5 Å². The molecule has 0 spiro atoms. The average Bonchev–Trinajstić information content (AvgIpc) is 2.58. The SMILES string of the molecule is COc1cc(Br)c(CCNC(=S)Nc2ccc(C)cc2)cc1OC. The molecular weight excluding hydrogens is 388 g/mol. The van der Waals surface area contributed by atoms with E-state index in [1.54, 1.807) is 14.2 Å². The Morgan fingerprint density at radius 3 is 2.33 bits per heavy atom. The lowest BCUT2D eigenvalue weighted by Gasteiger charge is -2.13. The summed E-state index contributed by atoms with van der Waals surface area (Å²) in [5.74, 6) is 1.42. The third kappa shape index (κ3) is 5.11. The zero-order valence-electron chi connectivity index (χ0n) is 14.0. The van der Waals surface area contributed by atoms with Gasteiger partial charge in [-0.15, -0.1) is 0 Å². The summed E-state index contributed by atoms with van der Waals surface area (Å²) in [6, 6.07) is 12.0. The molecule has 0 atom stereocenters. The summed E-state index contributed by atoms with van der Waals surface area (Å²) in [4.78, 5) is 0. The van der Waals surface area contributed by atoms with Gasteiger partial charge in [-0.3, -0.25) is 0 Å². The highest BCUT2D eigenvalue weighted by molar-refractivity contribution is 9.10. The summed E-state index contributed by atoms with van der Waals surface area (Å²) in [7, 11) is 3.26. The molecule has 0 bridgehead atoms. The maximum absolute atomic E-state index is 5.34. The molecule has 0 heterocycles. The molecule has 2 aromatic carbocycles. The molecule has 0 aliphatic heterocycles. The van der Waals surface area contributed by atoms with E-state index < -0.39 is 0 Å². The number of anilines is 1. The van der Waals surface area contributed by atoms with Crippen LogP contribution in [0.2, 0.25) is 0 Å². The van der Waals surface area contributed by atoms with Crippen LogP contribution in [-0.4, -0.2) is 25.9 Å². The van der Waals surface area contributed by atoms with Crippen molar-refractivity contribution in [1.82, 2.24) is 5.32 Å². The molecule has 0 saturated heterocycles. The first-order valence-electron chi connectivity index (χ1n) is 7.55. The molecule has 2 aromatic rings. The lowest BCUT2D eigenvalue weighted by Crippen LogP contribution is -2.30. The molecule has 0 saturated carbocycles. The van der Waals surface area contributed by atoms with E-state index in [0.29, 0.717) is 17.4 Å². The number of hydrogen-bond donors (Lipinski definition) is 2. The molecule has 6 heteroatoms. The maximum Gasteiger partial charge on any atom is 0.170 e. The van der Waals surface area contributed by atoms with Crippen LogP contribution in [0.5, 0.6) is 11.5 Å². The summed E-state index contributed by atoms with van der Waals surface area (Å²) in [6.07, 6.45) is 0.802. The first kappa shape index (κ1) is 18.5. The molecule has 0 aliphatic carbocycles. The predicted molar refractivity (Wildman–Crippen MR) is 106 cm³/mol. The van der Waals surface area contributed by atoms with Crippen molar-refractivity contribution in [2.75, 3.05) is 26.1 Å². The molecular formula is C18H21BrN2O2S. The Hall–Kier alpha value is -1.79. The summed E-state index contributed by atoms with van der Waals surface area (Å²) in [5.41, 5.74) is 3.32. The smallest absolute Gasteiger partial charge is 0.170 e. The Balaban J connectivity index is 1.89. The van der Waals surface area contributed by atoms with Crippen LogP contribution in [0.1, 0.15) is 11.1 Å². The van der Waals surface area contributed by atoms with Crippen LogP contribution < -0.4 is 20.1 Å². The number of nitrogens with one attached hydrogen (secondary N) is 2. The van der Waals surface area contributed by atoms with Crippen LogP contribution in [0, 0.1) is 6.92 Å². The van der Waals surface area contributed by atoms with Gasteiger partial charge in [0.2, 0.25) is 0 Å². The van der Waals surface area contributed by atoms with Gasteiger partial charge in [-0.1, -0.05) is 33.6 Å². The van der Waals surface area contributed by atoms with E-state index in [0.717, 1.165) is 27.9 Å². The number of halogens is 1. The molecule has 128 valence electrons. The lowest BCUT2D eigenvalue weighted by atomic mass is 10.1. The van der Waals surface area contributed by atoms with E-state index in [1.807, 2.05) is 36.4 Å². The van der Waals surface area contributed by atoms with E-state index in [1.165, 1.54) is 5.56 Å². The molecule has 0 radical (unpaired) electrons. The maximum atomic E-state index is 5.34. The average molecular weight is 409 g/mol. The van der Waals surface area contributed by atoms with Gasteiger partial charge < -0.3 is 20.1 Å². The number of rotatable bonds is 6. The third-order valence-electron chi connectivity index (χ3n) is 3.54. The van der Waals surface area contributed by atoms with E-state index in [-0.39, 0.29) is 0 Å². The number of thiocarbonyl (C=S) groups is 1. The quantitative estimate of drug-likeness (QED) is 0.697. The first-order valence-corrected chi connectivity index (χ1v) is 8.75. The van der Waals surface area contributed by atoms with Gasteiger partial charge in [-0.05, 0) is 55.4 Å². The van der Waals surface area contributed by atoms with Crippen molar-refractivity contribution >= 4 is 38.9 Å². The Morgan fingerprint density at radius 2 is 1.71 bits per heavy atom. The van der Waals surface area contributed by atoms with E-state index in [2.05, 4.69) is 33.5 Å². The molecule has 0 unspecified atom stereocenters. The van der Waals surface area contributed by atoms with Gasteiger partial charge in [0.05, 0.1) is 14.2 Å². The van der Waals surface area contributed by atoms with Crippen molar-refractivity contribution in [3.63, 3.8) is 0 Å². The Labute approximate surface area is 156 Å². The van der Waals surface area contributed by atoms with Gasteiger partial charge in [0.15, 0.2) is 16.6 Å². The van der Waals surface area contributed by atoms with E-state index >= 15 is 0 Å². The molecule has 24 heavy (non-hydrogen) atoms. The standard InChI is InChI=1S/C18H21BrN2O2S/c1-12-4-6-14(7-5-12)21-18(24)20-9-8-13-10-16(22-2)17(23-3)11-15(13)19/h4-7,10-11H,8-9H2,1-3H3,(H2,20,21,24). The van der Waals surface area contributed by atoms with Gasteiger partial charge >= 0.3 is 0 Å². The first-order chi connectivity index (χ1) is 11.5. The predicted octanol–water partition coefficient (Wildman–Crippen LogP) is 4.30. The van der Waals surface area contributed by atoms with Crippen molar-refractivity contribution in [3.05, 3.63) is 52.0 Å². The minimum Gasteiger partial charge on any atom is -0.493 e. The van der Waals surface area contributed by atoms with Crippen molar-refractivity contribution in [1.29, 1.82) is 0 Å². The summed E-state index contributed by atoms with van der Waals surface area (Å²) in [6.45, 7) is 2.77. The molecule has 0 fully saturated rings. The van der Waals surface area contributed by atoms with Crippen LogP contribution >= 0.6 is 28.1 Å². The van der Waals surface area contributed by atoms with Gasteiger partial charge in [-0.2, -0.15) is 0 Å². The molecule has 0 amide bonds. The number of aryl methyl sites for hydroxylation is 1. The Bertz CT molecular complexity index is 705. The largest absolute Gasteiger partial charge is 0.493 e. The minimum absolute atomic E-state index is 0.607. The second-order valence-corrected chi connectivity index (χ2v) is 6.56. The number of ether oxygens (including phenoxy) is 2. The fourth-order valence-electron chi connectivity index (χ4n) is 2.21. The Morgan fingerprint density at radius 1 is 1.08 bits per heavy atom. The molecule has 2 rings (SSSR count). The number of hydrogen-bond acceptors (Lipinski definition) is 3. The second-order valence-electron chi connectivity index (χ2n) is 5.30. The van der Waals surface area contributed by atoms with Crippen molar-refractivity contribution in [2.45, 2.75) is 13.3 Å². The highest BCUT2D eigenvalue weighted by Crippen LogP contribution is 2.33. The van der Waals surface area contributed by atoms with Gasteiger partial charge in [-0.25, -0.2) is 0 Å². The van der Waals surface area contributed by atoms with Crippen LogP contribution in [0.4, 0.5) is 5.69 Å². The fraction of sp³-hybridized carbons (Fsp3) is 0.278. The summed E-state index contributed by atoms with van der Waals surface area (Å²) < 4.78 is 11.6. The number of benzene rings is 2. The second kappa shape index (κ2) is 8.89. The zero-order valence-corrected chi connectivity index (χ0v) is 16.4. The Kier molecular flexibility index (Phi) is 6.87. The highest BCUT2D eigenvalue weighted by Gasteiger charge is 2.09. The minimum atomic E-state index is 0.607. The van der Waals surface area contributed by atoms with E-state index in [4.69, 9.17) is 21.7 Å².